The van der Waals surface area contributed by atoms with Gasteiger partial charge < -0.3 is 11.1 Å². The van der Waals surface area contributed by atoms with Crippen LogP contribution in [0.15, 0.2) is 0 Å². The number of likely N-dealkylation sites (N-methyl/N-ethyl adjacent to an activating group) is 1. The van der Waals surface area contributed by atoms with E-state index in [0.29, 0.717) is 18.0 Å². The first-order valence-corrected chi connectivity index (χ1v) is 5.00. The summed E-state index contributed by atoms with van der Waals surface area (Å²) < 4.78 is 0. The SMILES string of the molecule is CNC1C(C)CC(C(C)C)C1N. The average molecular weight is 170 g/mol. The van der Waals surface area contributed by atoms with Crippen molar-refractivity contribution in [3.05, 3.63) is 0 Å². The van der Waals surface area contributed by atoms with E-state index in [4.69, 9.17) is 5.73 Å². The van der Waals surface area contributed by atoms with Crippen molar-refractivity contribution >= 4 is 0 Å². The molecule has 0 heterocycles. The van der Waals surface area contributed by atoms with Crippen molar-refractivity contribution in [3.8, 4) is 0 Å². The zero-order valence-corrected chi connectivity index (χ0v) is 8.67. The standard InChI is InChI=1S/C10H22N2/c1-6(2)8-5-7(3)10(12-4)9(8)11/h6-10,12H,5,11H2,1-4H3. The molecule has 0 aliphatic heterocycles. The van der Waals surface area contributed by atoms with Crippen LogP contribution in [-0.4, -0.2) is 19.1 Å². The molecule has 4 unspecified atom stereocenters. The molecule has 2 heteroatoms. The molecule has 0 amide bonds. The van der Waals surface area contributed by atoms with Gasteiger partial charge in [-0.05, 0) is 31.2 Å². The molecule has 1 aliphatic rings. The highest BCUT2D eigenvalue weighted by Gasteiger charge is 2.38. The van der Waals surface area contributed by atoms with Crippen molar-refractivity contribution in [2.45, 2.75) is 39.3 Å². The molecule has 0 radical (unpaired) electrons. The van der Waals surface area contributed by atoms with Crippen LogP contribution in [0.2, 0.25) is 0 Å². The fraction of sp³-hybridized carbons (Fsp3) is 1.00. The minimum Gasteiger partial charge on any atom is -0.326 e. The Morgan fingerprint density at radius 3 is 2.25 bits per heavy atom. The summed E-state index contributed by atoms with van der Waals surface area (Å²) in [5.41, 5.74) is 6.16. The lowest BCUT2D eigenvalue weighted by molar-refractivity contribution is 0.339. The Morgan fingerprint density at radius 2 is 2.00 bits per heavy atom. The normalized spacial score (nSPS) is 42.5. The van der Waals surface area contributed by atoms with Crippen molar-refractivity contribution in [1.82, 2.24) is 5.32 Å². The second-order valence-electron chi connectivity index (χ2n) is 4.51. The Balaban J connectivity index is 2.62. The molecule has 1 saturated carbocycles. The van der Waals surface area contributed by atoms with Crippen LogP contribution in [0.5, 0.6) is 0 Å². The van der Waals surface area contributed by atoms with Gasteiger partial charge in [0.15, 0.2) is 0 Å². The fourth-order valence-corrected chi connectivity index (χ4v) is 2.57. The van der Waals surface area contributed by atoms with Crippen molar-refractivity contribution < 1.29 is 0 Å². The van der Waals surface area contributed by atoms with Gasteiger partial charge in [0.1, 0.15) is 0 Å². The van der Waals surface area contributed by atoms with Crippen LogP contribution >= 0.6 is 0 Å². The van der Waals surface area contributed by atoms with E-state index in [1.807, 2.05) is 7.05 Å². The molecule has 0 saturated heterocycles. The molecule has 1 fully saturated rings. The summed E-state index contributed by atoms with van der Waals surface area (Å²) in [5.74, 6) is 2.16. The van der Waals surface area contributed by atoms with Crippen LogP contribution in [-0.2, 0) is 0 Å². The van der Waals surface area contributed by atoms with E-state index in [0.717, 1.165) is 11.8 Å². The van der Waals surface area contributed by atoms with Crippen molar-refractivity contribution in [3.63, 3.8) is 0 Å². The van der Waals surface area contributed by atoms with Gasteiger partial charge in [-0.3, -0.25) is 0 Å². The first-order valence-electron chi connectivity index (χ1n) is 5.00. The molecule has 12 heavy (non-hydrogen) atoms. The second kappa shape index (κ2) is 3.75. The van der Waals surface area contributed by atoms with Gasteiger partial charge >= 0.3 is 0 Å². The number of nitrogens with one attached hydrogen (secondary N) is 1. The van der Waals surface area contributed by atoms with Crippen molar-refractivity contribution in [1.29, 1.82) is 0 Å². The number of hydrogen-bond acceptors (Lipinski definition) is 2. The molecule has 0 bridgehead atoms. The van der Waals surface area contributed by atoms with E-state index in [-0.39, 0.29) is 0 Å². The molecule has 0 aromatic carbocycles. The van der Waals surface area contributed by atoms with Gasteiger partial charge in [-0.1, -0.05) is 20.8 Å². The highest BCUT2D eigenvalue weighted by atomic mass is 15.0. The van der Waals surface area contributed by atoms with Gasteiger partial charge in [0, 0.05) is 12.1 Å². The predicted octanol–water partition coefficient (Wildman–Crippen LogP) is 1.21. The Hall–Kier alpha value is -0.0800. The minimum absolute atomic E-state index is 0.352. The van der Waals surface area contributed by atoms with Gasteiger partial charge in [-0.2, -0.15) is 0 Å². The third-order valence-electron chi connectivity index (χ3n) is 3.36. The molecule has 0 spiro atoms. The molecule has 0 aromatic rings. The van der Waals surface area contributed by atoms with Gasteiger partial charge in [0.05, 0.1) is 0 Å². The maximum absolute atomic E-state index is 6.16. The van der Waals surface area contributed by atoms with E-state index >= 15 is 0 Å². The summed E-state index contributed by atoms with van der Waals surface area (Å²) in [7, 11) is 2.02. The Morgan fingerprint density at radius 1 is 1.42 bits per heavy atom. The van der Waals surface area contributed by atoms with Crippen molar-refractivity contribution in [2.75, 3.05) is 7.05 Å². The average Bonchev–Trinajstić information content (AvgIpc) is 2.27. The minimum atomic E-state index is 0.352. The third-order valence-corrected chi connectivity index (χ3v) is 3.36. The number of rotatable bonds is 2. The molecule has 4 atom stereocenters. The van der Waals surface area contributed by atoms with Gasteiger partial charge in [-0.25, -0.2) is 0 Å². The van der Waals surface area contributed by atoms with Gasteiger partial charge in [0.2, 0.25) is 0 Å². The predicted molar refractivity (Wildman–Crippen MR) is 52.9 cm³/mol. The zero-order valence-electron chi connectivity index (χ0n) is 8.67. The van der Waals surface area contributed by atoms with Crippen LogP contribution in [0.3, 0.4) is 0 Å². The first kappa shape index (κ1) is 10.0. The summed E-state index contributed by atoms with van der Waals surface area (Å²) >= 11 is 0. The summed E-state index contributed by atoms with van der Waals surface area (Å²) in [6.07, 6.45) is 1.28. The monoisotopic (exact) mass is 170 g/mol. The maximum atomic E-state index is 6.16. The smallest absolute Gasteiger partial charge is 0.0244 e. The summed E-state index contributed by atoms with van der Waals surface area (Å²) in [6.45, 7) is 6.84. The highest BCUT2D eigenvalue weighted by molar-refractivity contribution is 4.96. The molecule has 3 N–H and O–H groups in total. The maximum Gasteiger partial charge on any atom is 0.0244 e. The first-order chi connectivity index (χ1) is 5.57. The lowest BCUT2D eigenvalue weighted by Gasteiger charge is -2.23. The van der Waals surface area contributed by atoms with E-state index in [1.54, 1.807) is 0 Å². The number of nitrogens with two attached hydrogens (primary N) is 1. The summed E-state index contributed by atoms with van der Waals surface area (Å²) in [5, 5.41) is 3.32. The summed E-state index contributed by atoms with van der Waals surface area (Å²) in [6, 6.07) is 0.877. The Kier molecular flexibility index (Phi) is 3.13. The van der Waals surface area contributed by atoms with E-state index < -0.39 is 0 Å². The molecule has 1 rings (SSSR count). The van der Waals surface area contributed by atoms with Crippen LogP contribution in [0.1, 0.15) is 27.2 Å². The largest absolute Gasteiger partial charge is 0.326 e. The lowest BCUT2D eigenvalue weighted by Crippen LogP contribution is -2.45. The molecular formula is C10H22N2. The Bertz CT molecular complexity index is 145. The van der Waals surface area contributed by atoms with E-state index in [2.05, 4.69) is 26.1 Å². The fourth-order valence-electron chi connectivity index (χ4n) is 2.57. The van der Waals surface area contributed by atoms with E-state index in [9.17, 15) is 0 Å². The van der Waals surface area contributed by atoms with Crippen LogP contribution in [0.25, 0.3) is 0 Å². The molecule has 0 aromatic heterocycles. The second-order valence-corrected chi connectivity index (χ2v) is 4.51. The van der Waals surface area contributed by atoms with Crippen molar-refractivity contribution in [2.24, 2.45) is 23.5 Å². The molecule has 1 aliphatic carbocycles. The van der Waals surface area contributed by atoms with Gasteiger partial charge in [-0.15, -0.1) is 0 Å². The van der Waals surface area contributed by atoms with E-state index in [1.165, 1.54) is 6.42 Å². The van der Waals surface area contributed by atoms with Gasteiger partial charge in [0.25, 0.3) is 0 Å². The van der Waals surface area contributed by atoms with Crippen LogP contribution in [0.4, 0.5) is 0 Å². The zero-order chi connectivity index (χ0) is 9.30. The Labute approximate surface area is 75.9 Å². The summed E-state index contributed by atoms with van der Waals surface area (Å²) in [4.78, 5) is 0. The molecule has 2 nitrogen and oxygen atoms in total. The quantitative estimate of drug-likeness (QED) is 0.654. The molecule has 72 valence electrons. The lowest BCUT2D eigenvalue weighted by atomic mass is 9.91. The number of hydrogen-bond donors (Lipinski definition) is 2. The van der Waals surface area contributed by atoms with Crippen LogP contribution < -0.4 is 11.1 Å². The highest BCUT2D eigenvalue weighted by Crippen LogP contribution is 2.34. The van der Waals surface area contributed by atoms with Crippen LogP contribution in [0, 0.1) is 17.8 Å². The molecular weight excluding hydrogens is 148 g/mol. The topological polar surface area (TPSA) is 38.0 Å². The third kappa shape index (κ3) is 1.64.